The zero-order valence-electron chi connectivity index (χ0n) is 11.1. The van der Waals surface area contributed by atoms with Crippen molar-refractivity contribution in [3.05, 3.63) is 41.6 Å². The first-order valence-electron chi connectivity index (χ1n) is 6.78. The highest BCUT2D eigenvalue weighted by Crippen LogP contribution is 2.32. The van der Waals surface area contributed by atoms with Crippen molar-refractivity contribution in [2.75, 3.05) is 13.1 Å². The molecule has 2 heterocycles. The molecule has 1 N–H and O–H groups in total. The molecule has 2 atom stereocenters. The summed E-state index contributed by atoms with van der Waals surface area (Å²) in [6.45, 7) is 4.40. The fraction of sp³-hybridized carbons (Fsp3) is 0.375. The normalized spacial score (nSPS) is 23.2. The maximum absolute atomic E-state index is 9.18. The van der Waals surface area contributed by atoms with Gasteiger partial charge in [0.1, 0.15) is 6.07 Å². The van der Waals surface area contributed by atoms with Crippen molar-refractivity contribution in [1.29, 1.82) is 5.26 Å². The van der Waals surface area contributed by atoms with Gasteiger partial charge in [0.05, 0.1) is 11.1 Å². The molecule has 0 saturated carbocycles. The summed E-state index contributed by atoms with van der Waals surface area (Å²) in [7, 11) is 0. The van der Waals surface area contributed by atoms with Crippen LogP contribution < -0.4 is 5.32 Å². The lowest BCUT2D eigenvalue weighted by Crippen LogP contribution is -2.33. The monoisotopic (exact) mass is 251 g/mol. The summed E-state index contributed by atoms with van der Waals surface area (Å²) in [5.41, 5.74) is 2.82. The molecule has 1 aliphatic heterocycles. The van der Waals surface area contributed by atoms with E-state index in [0.29, 0.717) is 17.4 Å². The van der Waals surface area contributed by atoms with Crippen molar-refractivity contribution >= 4 is 10.9 Å². The minimum absolute atomic E-state index is 0.517. The number of rotatable bonds is 1. The van der Waals surface area contributed by atoms with Gasteiger partial charge in [-0.15, -0.1) is 0 Å². The second-order valence-corrected chi connectivity index (χ2v) is 5.41. The topological polar surface area (TPSA) is 48.7 Å². The lowest BCUT2D eigenvalue weighted by Gasteiger charge is -2.28. The van der Waals surface area contributed by atoms with Crippen LogP contribution in [0.2, 0.25) is 0 Å². The molecule has 1 aromatic carbocycles. The molecule has 2 aromatic rings. The fourth-order valence-electron chi connectivity index (χ4n) is 3.03. The SMILES string of the molecule is CC1CNC[C@@H](c2ccc(C#N)c3ncccc23)C1. The molecule has 1 fully saturated rings. The van der Waals surface area contributed by atoms with Gasteiger partial charge in [-0.3, -0.25) is 4.98 Å². The van der Waals surface area contributed by atoms with Crippen molar-refractivity contribution in [2.24, 2.45) is 5.92 Å². The van der Waals surface area contributed by atoms with Gasteiger partial charge < -0.3 is 5.32 Å². The van der Waals surface area contributed by atoms with Gasteiger partial charge >= 0.3 is 0 Å². The van der Waals surface area contributed by atoms with Crippen LogP contribution in [0.3, 0.4) is 0 Å². The van der Waals surface area contributed by atoms with Gasteiger partial charge in [0.25, 0.3) is 0 Å². The van der Waals surface area contributed by atoms with E-state index in [9.17, 15) is 5.26 Å². The molecule has 3 heteroatoms. The van der Waals surface area contributed by atoms with Crippen molar-refractivity contribution in [3.63, 3.8) is 0 Å². The zero-order chi connectivity index (χ0) is 13.2. The second kappa shape index (κ2) is 4.99. The molecule has 0 radical (unpaired) electrons. The van der Waals surface area contributed by atoms with E-state index in [1.54, 1.807) is 6.20 Å². The van der Waals surface area contributed by atoms with Crippen LogP contribution in [-0.2, 0) is 0 Å². The van der Waals surface area contributed by atoms with Crippen LogP contribution in [0.4, 0.5) is 0 Å². The molecule has 0 amide bonds. The minimum atomic E-state index is 0.517. The Morgan fingerprint density at radius 2 is 2.21 bits per heavy atom. The average Bonchev–Trinajstić information content (AvgIpc) is 2.46. The van der Waals surface area contributed by atoms with E-state index in [4.69, 9.17) is 0 Å². The predicted molar refractivity (Wildman–Crippen MR) is 75.8 cm³/mol. The highest BCUT2D eigenvalue weighted by atomic mass is 14.9. The van der Waals surface area contributed by atoms with Gasteiger partial charge in [-0.2, -0.15) is 5.26 Å². The van der Waals surface area contributed by atoms with E-state index in [2.05, 4.69) is 35.4 Å². The Labute approximate surface area is 113 Å². The van der Waals surface area contributed by atoms with Crippen LogP contribution in [0, 0.1) is 17.2 Å². The fourth-order valence-corrected chi connectivity index (χ4v) is 3.03. The summed E-state index contributed by atoms with van der Waals surface area (Å²) >= 11 is 0. The van der Waals surface area contributed by atoms with Crippen LogP contribution in [0.15, 0.2) is 30.5 Å². The van der Waals surface area contributed by atoms with Crippen LogP contribution >= 0.6 is 0 Å². The lowest BCUT2D eigenvalue weighted by molar-refractivity contribution is 0.365. The van der Waals surface area contributed by atoms with Crippen LogP contribution in [0.1, 0.15) is 30.4 Å². The van der Waals surface area contributed by atoms with Gasteiger partial charge in [0.15, 0.2) is 0 Å². The van der Waals surface area contributed by atoms with Gasteiger partial charge in [-0.05, 0) is 42.5 Å². The Morgan fingerprint density at radius 1 is 1.32 bits per heavy atom. The van der Waals surface area contributed by atoms with Crippen molar-refractivity contribution in [3.8, 4) is 6.07 Å². The minimum Gasteiger partial charge on any atom is -0.316 e. The van der Waals surface area contributed by atoms with E-state index in [1.165, 1.54) is 12.0 Å². The standard InChI is InChI=1S/C16H17N3/c1-11-7-13(10-18-9-11)14-5-4-12(8-17)16-15(14)3-2-6-19-16/h2-6,11,13,18H,7,9-10H2,1H3/t11?,13-/m0/s1. The summed E-state index contributed by atoms with van der Waals surface area (Å²) < 4.78 is 0. The van der Waals surface area contributed by atoms with Gasteiger partial charge in [0.2, 0.25) is 0 Å². The van der Waals surface area contributed by atoms with E-state index < -0.39 is 0 Å². The van der Waals surface area contributed by atoms with E-state index in [0.717, 1.165) is 24.0 Å². The first-order valence-corrected chi connectivity index (χ1v) is 6.78. The molecule has 1 unspecified atom stereocenters. The Morgan fingerprint density at radius 3 is 3.00 bits per heavy atom. The van der Waals surface area contributed by atoms with Crippen LogP contribution in [0.25, 0.3) is 10.9 Å². The molecule has 3 rings (SSSR count). The quantitative estimate of drug-likeness (QED) is 0.847. The Kier molecular flexibility index (Phi) is 3.18. The van der Waals surface area contributed by atoms with Crippen LogP contribution in [-0.4, -0.2) is 18.1 Å². The molecule has 1 aliphatic rings. The highest BCUT2D eigenvalue weighted by Gasteiger charge is 2.22. The summed E-state index contributed by atoms with van der Waals surface area (Å²) in [4.78, 5) is 4.38. The molecule has 96 valence electrons. The van der Waals surface area contributed by atoms with Crippen molar-refractivity contribution < 1.29 is 0 Å². The zero-order valence-corrected chi connectivity index (χ0v) is 11.1. The molecule has 19 heavy (non-hydrogen) atoms. The first-order chi connectivity index (χ1) is 9.29. The largest absolute Gasteiger partial charge is 0.316 e. The number of benzene rings is 1. The number of aromatic nitrogens is 1. The number of piperidine rings is 1. The van der Waals surface area contributed by atoms with Crippen LogP contribution in [0.5, 0.6) is 0 Å². The molecule has 3 nitrogen and oxygen atoms in total. The number of nitrogens with zero attached hydrogens (tertiary/aromatic N) is 2. The predicted octanol–water partition coefficient (Wildman–Crippen LogP) is 2.82. The summed E-state index contributed by atoms with van der Waals surface area (Å²) in [5, 5.41) is 13.8. The summed E-state index contributed by atoms with van der Waals surface area (Å²) in [6, 6.07) is 10.3. The van der Waals surface area contributed by atoms with Gasteiger partial charge in [-0.25, -0.2) is 0 Å². The maximum atomic E-state index is 9.18. The molecule has 0 bridgehead atoms. The lowest BCUT2D eigenvalue weighted by atomic mass is 9.84. The smallest absolute Gasteiger partial charge is 0.101 e. The number of nitrogens with one attached hydrogen (secondary N) is 1. The maximum Gasteiger partial charge on any atom is 0.101 e. The third kappa shape index (κ3) is 2.20. The second-order valence-electron chi connectivity index (χ2n) is 5.41. The first kappa shape index (κ1) is 12.1. The van der Waals surface area contributed by atoms with E-state index in [-0.39, 0.29) is 0 Å². The average molecular weight is 251 g/mol. The number of pyridine rings is 1. The third-order valence-corrected chi connectivity index (χ3v) is 3.93. The highest BCUT2D eigenvalue weighted by molar-refractivity contribution is 5.87. The molecule has 1 saturated heterocycles. The summed E-state index contributed by atoms with van der Waals surface area (Å²) in [5.74, 6) is 1.21. The van der Waals surface area contributed by atoms with E-state index >= 15 is 0 Å². The number of hydrogen-bond acceptors (Lipinski definition) is 3. The molecule has 0 aliphatic carbocycles. The molecule has 1 aromatic heterocycles. The van der Waals surface area contributed by atoms with Gasteiger partial charge in [0, 0.05) is 18.1 Å². The molecule has 0 spiro atoms. The summed E-state index contributed by atoms with van der Waals surface area (Å²) in [6.07, 6.45) is 2.96. The Bertz CT molecular complexity index is 642. The molecular formula is C16H17N3. The molecular weight excluding hydrogens is 234 g/mol. The van der Waals surface area contributed by atoms with Crippen molar-refractivity contribution in [2.45, 2.75) is 19.3 Å². The Balaban J connectivity index is 2.12. The third-order valence-electron chi connectivity index (χ3n) is 3.93. The number of nitriles is 1. The van der Waals surface area contributed by atoms with Crippen molar-refractivity contribution in [1.82, 2.24) is 10.3 Å². The number of fused-ring (bicyclic) bond motifs is 1. The number of hydrogen-bond donors (Lipinski definition) is 1. The van der Waals surface area contributed by atoms with E-state index in [1.807, 2.05) is 12.1 Å². The Hall–Kier alpha value is -1.92. The van der Waals surface area contributed by atoms with Gasteiger partial charge in [-0.1, -0.05) is 19.1 Å².